The molecule has 1 N–H and O–H groups in total. The summed E-state index contributed by atoms with van der Waals surface area (Å²) in [6, 6.07) is 25.3. The summed E-state index contributed by atoms with van der Waals surface area (Å²) in [7, 11) is 2.21. The second-order valence-corrected chi connectivity index (χ2v) is 10.3. The summed E-state index contributed by atoms with van der Waals surface area (Å²) >= 11 is 0. The third kappa shape index (κ3) is 5.53. The molecular weight excluding hydrogens is 419 g/mol. The Balaban J connectivity index is 2.14. The second kappa shape index (κ2) is 11.2. The maximum absolute atomic E-state index is 14.8. The van der Waals surface area contributed by atoms with Crippen molar-refractivity contribution in [2.45, 2.75) is 25.5 Å². The molecule has 0 saturated carbocycles. The topological polar surface area (TPSA) is 50.8 Å². The van der Waals surface area contributed by atoms with Crippen LogP contribution in [0.25, 0.3) is 0 Å². The van der Waals surface area contributed by atoms with Crippen molar-refractivity contribution in [2.24, 2.45) is 0 Å². The van der Waals surface area contributed by atoms with Gasteiger partial charge in [0.2, 0.25) is 0 Å². The van der Waals surface area contributed by atoms with Crippen LogP contribution >= 0.6 is 7.37 Å². The number of nitrogens with one attached hydrogen (secondary N) is 1. The average Bonchev–Trinajstić information content (AvgIpc) is 2.83. The Labute approximate surface area is 191 Å². The minimum atomic E-state index is -3.40. The molecule has 5 nitrogen and oxygen atoms in total. The van der Waals surface area contributed by atoms with Gasteiger partial charge < -0.3 is 19.5 Å². The maximum atomic E-state index is 14.8. The van der Waals surface area contributed by atoms with Crippen molar-refractivity contribution in [1.29, 1.82) is 0 Å². The highest BCUT2D eigenvalue weighted by Crippen LogP contribution is 2.60. The highest BCUT2D eigenvalue weighted by molar-refractivity contribution is 7.67. The lowest BCUT2D eigenvalue weighted by atomic mass is 10.2. The molecule has 0 radical (unpaired) electrons. The van der Waals surface area contributed by atoms with Crippen LogP contribution in [-0.4, -0.2) is 27.8 Å². The zero-order valence-corrected chi connectivity index (χ0v) is 20.2. The molecule has 0 aliphatic heterocycles. The Morgan fingerprint density at radius 3 is 2.22 bits per heavy atom. The second-order valence-electron chi connectivity index (χ2n) is 7.85. The number of nitrogens with zero attached hydrogens (tertiary/aromatic N) is 1. The maximum Gasteiger partial charge on any atom is 0.258 e. The fourth-order valence-corrected chi connectivity index (χ4v) is 5.99. The van der Waals surface area contributed by atoms with Gasteiger partial charge >= 0.3 is 0 Å². The molecule has 32 heavy (non-hydrogen) atoms. The number of unbranched alkanes of at least 4 members (excludes halogenated alkanes) is 1. The van der Waals surface area contributed by atoms with Crippen LogP contribution < -0.4 is 20.3 Å². The Morgan fingerprint density at radius 1 is 0.938 bits per heavy atom. The summed E-state index contributed by atoms with van der Waals surface area (Å²) in [6.45, 7) is 2.52. The van der Waals surface area contributed by atoms with Gasteiger partial charge in [-0.25, -0.2) is 0 Å². The minimum Gasteiger partial charge on any atom is -0.496 e. The molecule has 3 aromatic carbocycles. The predicted octanol–water partition coefficient (Wildman–Crippen LogP) is 6.29. The Morgan fingerprint density at radius 2 is 1.59 bits per heavy atom. The summed E-state index contributed by atoms with van der Waals surface area (Å²) < 4.78 is 26.7. The molecule has 0 aromatic heterocycles. The first kappa shape index (κ1) is 23.9. The van der Waals surface area contributed by atoms with Crippen molar-refractivity contribution in [2.75, 3.05) is 38.0 Å². The molecule has 0 aliphatic rings. The molecule has 6 heteroatoms. The van der Waals surface area contributed by atoms with Crippen molar-refractivity contribution in [3.05, 3.63) is 84.4 Å². The van der Waals surface area contributed by atoms with Crippen LogP contribution in [0.15, 0.2) is 78.9 Å². The van der Waals surface area contributed by atoms with E-state index in [1.165, 1.54) is 0 Å². The third-order valence-corrected chi connectivity index (χ3v) is 8.03. The molecule has 0 amide bonds. The third-order valence-electron chi connectivity index (χ3n) is 5.36. The van der Waals surface area contributed by atoms with E-state index in [1.807, 2.05) is 97.9 Å². The average molecular weight is 453 g/mol. The van der Waals surface area contributed by atoms with Crippen molar-refractivity contribution in [3.63, 3.8) is 0 Å². The van der Waals surface area contributed by atoms with E-state index >= 15 is 0 Å². The SMILES string of the molecule is CCCCO[P@@](=O)(c1ccc(N(C)C)cc1)[C@@H](Nc1ccccc1)c1ccccc1OC. The lowest BCUT2D eigenvalue weighted by molar-refractivity contribution is 0.307. The van der Waals surface area contributed by atoms with Gasteiger partial charge in [-0.15, -0.1) is 0 Å². The smallest absolute Gasteiger partial charge is 0.258 e. The minimum absolute atomic E-state index is 0.422. The number of hydrogen-bond acceptors (Lipinski definition) is 5. The molecule has 2 atom stereocenters. The fraction of sp³-hybridized carbons (Fsp3) is 0.308. The largest absolute Gasteiger partial charge is 0.496 e. The highest BCUT2D eigenvalue weighted by Gasteiger charge is 2.39. The van der Waals surface area contributed by atoms with E-state index < -0.39 is 13.2 Å². The molecule has 3 aromatic rings. The summed E-state index contributed by atoms with van der Waals surface area (Å²) in [4.78, 5) is 2.02. The Kier molecular flexibility index (Phi) is 8.38. The van der Waals surface area contributed by atoms with Crippen LogP contribution in [0.4, 0.5) is 11.4 Å². The molecule has 0 fully saturated rings. The summed E-state index contributed by atoms with van der Waals surface area (Å²) in [6.07, 6.45) is 1.80. The van der Waals surface area contributed by atoms with Crippen LogP contribution in [0.3, 0.4) is 0 Å². The van der Waals surface area contributed by atoms with Crippen LogP contribution in [0.1, 0.15) is 31.1 Å². The number of hydrogen-bond donors (Lipinski definition) is 1. The van der Waals surface area contributed by atoms with Gasteiger partial charge in [0.15, 0.2) is 0 Å². The number of ether oxygens (including phenoxy) is 1. The lowest BCUT2D eigenvalue weighted by Gasteiger charge is -2.31. The normalized spacial score (nSPS) is 13.8. The molecule has 0 unspecified atom stereocenters. The highest BCUT2D eigenvalue weighted by atomic mass is 31.2. The van der Waals surface area contributed by atoms with Gasteiger partial charge in [-0.05, 0) is 48.9 Å². The first-order valence-electron chi connectivity index (χ1n) is 11.0. The van der Waals surface area contributed by atoms with Crippen molar-refractivity contribution >= 4 is 24.0 Å². The number of rotatable bonds is 11. The monoisotopic (exact) mass is 452 g/mol. The van der Waals surface area contributed by atoms with Crippen molar-refractivity contribution in [1.82, 2.24) is 0 Å². The van der Waals surface area contributed by atoms with E-state index in [1.54, 1.807) is 7.11 Å². The van der Waals surface area contributed by atoms with Gasteiger partial charge in [-0.3, -0.25) is 4.57 Å². The van der Waals surface area contributed by atoms with Gasteiger partial charge in [0.1, 0.15) is 11.5 Å². The van der Waals surface area contributed by atoms with Gasteiger partial charge in [0.05, 0.1) is 13.7 Å². The molecule has 0 aliphatic carbocycles. The fourth-order valence-electron chi connectivity index (χ4n) is 3.53. The van der Waals surface area contributed by atoms with Crippen LogP contribution in [0.5, 0.6) is 5.75 Å². The molecule has 3 rings (SSSR count). The zero-order chi connectivity index (χ0) is 23.0. The number of methoxy groups -OCH3 is 1. The summed E-state index contributed by atoms with van der Waals surface area (Å²) in [5.74, 6) is 0.0632. The van der Waals surface area contributed by atoms with Crippen LogP contribution in [-0.2, 0) is 9.09 Å². The molecule has 0 heterocycles. The molecule has 170 valence electrons. The lowest BCUT2D eigenvalue weighted by Crippen LogP contribution is -2.22. The predicted molar refractivity (Wildman–Crippen MR) is 135 cm³/mol. The van der Waals surface area contributed by atoms with E-state index in [9.17, 15) is 4.57 Å². The number of benzene rings is 3. The van der Waals surface area contributed by atoms with E-state index in [0.717, 1.165) is 29.8 Å². The van der Waals surface area contributed by atoms with Crippen LogP contribution in [0.2, 0.25) is 0 Å². The van der Waals surface area contributed by atoms with Gasteiger partial charge in [-0.1, -0.05) is 49.7 Å². The first-order valence-corrected chi connectivity index (χ1v) is 12.7. The molecule has 0 bridgehead atoms. The van der Waals surface area contributed by atoms with E-state index in [4.69, 9.17) is 9.26 Å². The number of anilines is 2. The van der Waals surface area contributed by atoms with Crippen LogP contribution in [0, 0.1) is 0 Å². The quantitative estimate of drug-likeness (QED) is 0.274. The van der Waals surface area contributed by atoms with Gasteiger partial charge in [0, 0.05) is 36.3 Å². The standard InChI is InChI=1S/C26H33N2O3P/c1-5-6-20-31-32(29,23-18-16-22(17-19-23)28(2)3)26(27-21-12-8-7-9-13-21)24-14-10-11-15-25(24)30-4/h7-19,26-27H,5-6,20H2,1-4H3/t26-,32+/m1/s1. The van der Waals surface area contributed by atoms with Crippen molar-refractivity contribution < 1.29 is 13.8 Å². The summed E-state index contributed by atoms with van der Waals surface area (Å²) in [5, 5.41) is 4.17. The molecule has 0 spiro atoms. The molecular formula is C26H33N2O3P. The Hall–Kier alpha value is -2.75. The number of para-hydroxylation sites is 2. The Bertz CT molecular complexity index is 1020. The zero-order valence-electron chi connectivity index (χ0n) is 19.3. The molecule has 0 saturated heterocycles. The van der Waals surface area contributed by atoms with E-state index in [2.05, 4.69) is 12.2 Å². The van der Waals surface area contributed by atoms with Gasteiger partial charge in [-0.2, -0.15) is 0 Å². The van der Waals surface area contributed by atoms with E-state index in [0.29, 0.717) is 17.7 Å². The first-order chi connectivity index (χ1) is 15.5. The van der Waals surface area contributed by atoms with Crippen molar-refractivity contribution in [3.8, 4) is 5.75 Å². The summed E-state index contributed by atoms with van der Waals surface area (Å²) in [5.41, 5.74) is 2.71. The van der Waals surface area contributed by atoms with E-state index in [-0.39, 0.29) is 0 Å². The van der Waals surface area contributed by atoms with Gasteiger partial charge in [0.25, 0.3) is 7.37 Å².